The third-order valence-electron chi connectivity index (χ3n) is 2.88. The summed E-state index contributed by atoms with van der Waals surface area (Å²) in [6.45, 7) is 5.33. The highest BCUT2D eigenvalue weighted by molar-refractivity contribution is 7.92. The van der Waals surface area contributed by atoms with Crippen molar-refractivity contribution in [1.82, 2.24) is 19.9 Å². The van der Waals surface area contributed by atoms with Gasteiger partial charge >= 0.3 is 0 Å². The van der Waals surface area contributed by atoms with Crippen LogP contribution in [0.2, 0.25) is 0 Å². The van der Waals surface area contributed by atoms with Crippen molar-refractivity contribution < 1.29 is 12.9 Å². The van der Waals surface area contributed by atoms with E-state index in [0.29, 0.717) is 30.1 Å². The van der Waals surface area contributed by atoms with Crippen molar-refractivity contribution in [3.8, 4) is 0 Å². The Morgan fingerprint density at radius 1 is 1.30 bits per heavy atom. The fourth-order valence-corrected chi connectivity index (χ4v) is 3.55. The minimum absolute atomic E-state index is 0.0736. The second kappa shape index (κ2) is 5.23. The van der Waals surface area contributed by atoms with Gasteiger partial charge in [-0.25, -0.2) is 13.1 Å². The Labute approximate surface area is 117 Å². The summed E-state index contributed by atoms with van der Waals surface area (Å²) in [5.41, 5.74) is 1.17. The standard InChI is InChI=1S/C11H17N5O3S/c1-5-8-10(9(6-2)16(4)13-8)20(17,18)15-11-12-7(3)19-14-11/h5-6H2,1-4H3,(H,14,15). The molecule has 0 saturated heterocycles. The molecule has 0 bridgehead atoms. The number of aromatic nitrogens is 4. The summed E-state index contributed by atoms with van der Waals surface area (Å²) < 4.78 is 33.7. The molecule has 0 saturated carbocycles. The van der Waals surface area contributed by atoms with Gasteiger partial charge in [-0.15, -0.1) is 0 Å². The molecule has 20 heavy (non-hydrogen) atoms. The molecule has 0 aliphatic heterocycles. The molecule has 0 aliphatic rings. The molecular weight excluding hydrogens is 282 g/mol. The average molecular weight is 299 g/mol. The average Bonchev–Trinajstić information content (AvgIpc) is 2.92. The Kier molecular flexibility index (Phi) is 3.80. The van der Waals surface area contributed by atoms with Crippen molar-refractivity contribution in [2.24, 2.45) is 7.05 Å². The molecule has 2 aromatic heterocycles. The molecule has 0 unspecified atom stereocenters. The first-order valence-corrected chi connectivity index (χ1v) is 7.75. The molecule has 9 heteroatoms. The first kappa shape index (κ1) is 14.5. The second-order valence-corrected chi connectivity index (χ2v) is 5.91. The van der Waals surface area contributed by atoms with Crippen LogP contribution in [0.5, 0.6) is 0 Å². The van der Waals surface area contributed by atoms with Crippen LogP contribution in [0.25, 0.3) is 0 Å². The quantitative estimate of drug-likeness (QED) is 0.884. The zero-order chi connectivity index (χ0) is 14.9. The van der Waals surface area contributed by atoms with Crippen LogP contribution in [0.1, 0.15) is 31.1 Å². The fourth-order valence-electron chi connectivity index (χ4n) is 2.04. The highest BCUT2D eigenvalue weighted by atomic mass is 32.2. The van der Waals surface area contributed by atoms with Crippen molar-refractivity contribution in [3.05, 3.63) is 17.3 Å². The number of aryl methyl sites for hydroxylation is 3. The van der Waals surface area contributed by atoms with Crippen LogP contribution in [0, 0.1) is 6.92 Å². The Morgan fingerprint density at radius 3 is 2.50 bits per heavy atom. The van der Waals surface area contributed by atoms with Crippen molar-refractivity contribution in [1.29, 1.82) is 0 Å². The first-order valence-electron chi connectivity index (χ1n) is 6.26. The molecule has 0 radical (unpaired) electrons. The molecule has 0 atom stereocenters. The lowest BCUT2D eigenvalue weighted by Crippen LogP contribution is -2.17. The van der Waals surface area contributed by atoms with Crippen molar-refractivity contribution >= 4 is 16.0 Å². The number of nitrogens with zero attached hydrogens (tertiary/aromatic N) is 4. The minimum atomic E-state index is -3.78. The monoisotopic (exact) mass is 299 g/mol. The summed E-state index contributed by atoms with van der Waals surface area (Å²) in [5, 5.41) is 7.79. The topological polar surface area (TPSA) is 103 Å². The van der Waals surface area contributed by atoms with E-state index in [9.17, 15) is 8.42 Å². The van der Waals surface area contributed by atoms with Crippen LogP contribution >= 0.6 is 0 Å². The smallest absolute Gasteiger partial charge is 0.277 e. The molecule has 2 heterocycles. The van der Waals surface area contributed by atoms with Gasteiger partial charge in [0.25, 0.3) is 16.0 Å². The molecular formula is C11H17N5O3S. The van der Waals surface area contributed by atoms with Gasteiger partial charge in [-0.05, 0) is 18.0 Å². The van der Waals surface area contributed by atoms with Gasteiger partial charge in [0.05, 0.1) is 11.4 Å². The Bertz CT molecular complexity index is 716. The molecule has 2 rings (SSSR count). The summed E-state index contributed by atoms with van der Waals surface area (Å²) in [7, 11) is -2.05. The Balaban J connectivity index is 2.48. The largest absolute Gasteiger partial charge is 0.338 e. The zero-order valence-electron chi connectivity index (χ0n) is 11.8. The second-order valence-electron chi connectivity index (χ2n) is 4.30. The van der Waals surface area contributed by atoms with Crippen molar-refractivity contribution in [3.63, 3.8) is 0 Å². The number of nitrogens with one attached hydrogen (secondary N) is 1. The van der Waals surface area contributed by atoms with Crippen LogP contribution in [0.4, 0.5) is 5.95 Å². The maximum atomic E-state index is 12.5. The van der Waals surface area contributed by atoms with Crippen LogP contribution in [0.15, 0.2) is 9.42 Å². The van der Waals surface area contributed by atoms with E-state index in [4.69, 9.17) is 4.52 Å². The van der Waals surface area contributed by atoms with E-state index in [1.54, 1.807) is 18.7 Å². The molecule has 1 N–H and O–H groups in total. The van der Waals surface area contributed by atoms with Gasteiger partial charge in [-0.3, -0.25) is 4.68 Å². The SMILES string of the molecule is CCc1nn(C)c(CC)c1S(=O)(=O)Nc1noc(C)n1. The zero-order valence-corrected chi connectivity index (χ0v) is 12.7. The molecule has 0 fully saturated rings. The summed E-state index contributed by atoms with van der Waals surface area (Å²) >= 11 is 0. The summed E-state index contributed by atoms with van der Waals surface area (Å²) in [6.07, 6.45) is 1.08. The highest BCUT2D eigenvalue weighted by Crippen LogP contribution is 2.23. The highest BCUT2D eigenvalue weighted by Gasteiger charge is 2.27. The van der Waals surface area contributed by atoms with E-state index in [2.05, 4.69) is 20.0 Å². The van der Waals surface area contributed by atoms with Gasteiger partial charge in [0.2, 0.25) is 5.89 Å². The first-order chi connectivity index (χ1) is 9.39. The van der Waals surface area contributed by atoms with Gasteiger partial charge in [0, 0.05) is 14.0 Å². The van der Waals surface area contributed by atoms with Crippen molar-refractivity contribution in [2.75, 3.05) is 4.72 Å². The lowest BCUT2D eigenvalue weighted by atomic mass is 10.2. The van der Waals surface area contributed by atoms with E-state index in [0.717, 1.165) is 0 Å². The third-order valence-corrected chi connectivity index (χ3v) is 4.34. The lowest BCUT2D eigenvalue weighted by Gasteiger charge is -2.06. The number of hydrogen-bond donors (Lipinski definition) is 1. The van der Waals surface area contributed by atoms with Crippen LogP contribution in [-0.2, 0) is 29.9 Å². The molecule has 0 spiro atoms. The fraction of sp³-hybridized carbons (Fsp3) is 0.545. The third kappa shape index (κ3) is 2.53. The van der Waals surface area contributed by atoms with Gasteiger partial charge in [0.15, 0.2) is 0 Å². The van der Waals surface area contributed by atoms with Crippen LogP contribution < -0.4 is 4.72 Å². The predicted molar refractivity (Wildman–Crippen MR) is 71.8 cm³/mol. The normalized spacial score (nSPS) is 11.8. The van der Waals surface area contributed by atoms with Gasteiger partial charge in [-0.1, -0.05) is 13.8 Å². The van der Waals surface area contributed by atoms with E-state index in [1.165, 1.54) is 0 Å². The number of hydrogen-bond acceptors (Lipinski definition) is 6. The molecule has 8 nitrogen and oxygen atoms in total. The Hall–Kier alpha value is -1.90. The van der Waals surface area contributed by atoms with Gasteiger partial charge in [0.1, 0.15) is 4.90 Å². The summed E-state index contributed by atoms with van der Waals surface area (Å²) in [5.74, 6) is 0.218. The van der Waals surface area contributed by atoms with E-state index >= 15 is 0 Å². The van der Waals surface area contributed by atoms with Gasteiger partial charge in [-0.2, -0.15) is 10.1 Å². The molecule has 110 valence electrons. The Morgan fingerprint density at radius 2 is 2.00 bits per heavy atom. The number of anilines is 1. The lowest BCUT2D eigenvalue weighted by molar-refractivity contribution is 0.395. The number of rotatable bonds is 5. The maximum absolute atomic E-state index is 12.5. The van der Waals surface area contributed by atoms with Crippen LogP contribution in [-0.4, -0.2) is 28.3 Å². The van der Waals surface area contributed by atoms with Gasteiger partial charge < -0.3 is 4.52 Å². The summed E-state index contributed by atoms with van der Waals surface area (Å²) in [6, 6.07) is 0. The molecule has 0 aliphatic carbocycles. The van der Waals surface area contributed by atoms with E-state index in [-0.39, 0.29) is 10.8 Å². The van der Waals surface area contributed by atoms with Crippen LogP contribution in [0.3, 0.4) is 0 Å². The predicted octanol–water partition coefficient (Wildman–Crippen LogP) is 1.04. The van der Waals surface area contributed by atoms with E-state index < -0.39 is 10.0 Å². The van der Waals surface area contributed by atoms with Crippen molar-refractivity contribution in [2.45, 2.75) is 38.5 Å². The molecule has 2 aromatic rings. The molecule has 0 aromatic carbocycles. The summed E-state index contributed by atoms with van der Waals surface area (Å²) in [4.78, 5) is 4.05. The minimum Gasteiger partial charge on any atom is -0.338 e. The number of sulfonamides is 1. The molecule has 0 amide bonds. The van der Waals surface area contributed by atoms with E-state index in [1.807, 2.05) is 13.8 Å². The maximum Gasteiger partial charge on any atom is 0.277 e.